The third-order valence-corrected chi connectivity index (χ3v) is 5.77. The summed E-state index contributed by atoms with van der Waals surface area (Å²) in [5, 5.41) is 0. The van der Waals surface area contributed by atoms with E-state index < -0.39 is 9.05 Å². The van der Waals surface area contributed by atoms with Crippen molar-refractivity contribution >= 4 is 25.6 Å². The molecule has 6 heteroatoms. The van der Waals surface area contributed by atoms with Gasteiger partial charge in [0.25, 0.3) is 15.0 Å². The van der Waals surface area contributed by atoms with E-state index in [1.54, 1.807) is 0 Å². The molecule has 1 aliphatic carbocycles. The number of nitrogens with zero attached hydrogens (tertiary/aromatic N) is 1. The third kappa shape index (κ3) is 2.56. The zero-order chi connectivity index (χ0) is 14.3. The molecule has 0 spiro atoms. The van der Waals surface area contributed by atoms with Gasteiger partial charge in [-0.1, -0.05) is 6.42 Å². The number of rotatable bonds is 2. The average Bonchev–Trinajstić information content (AvgIpc) is 2.97. The van der Waals surface area contributed by atoms with Gasteiger partial charge in [-0.2, -0.15) is 0 Å². The summed E-state index contributed by atoms with van der Waals surface area (Å²) in [6.07, 6.45) is 3.72. The SMILES string of the molecule is O=C(c1ccc(S(=O)(=O)Cl)cc1)N1CC2CCCC2C1. The van der Waals surface area contributed by atoms with Crippen LogP contribution in [-0.4, -0.2) is 32.3 Å². The molecular formula is C14H16ClNO3S. The van der Waals surface area contributed by atoms with Crippen molar-refractivity contribution in [2.45, 2.75) is 24.2 Å². The minimum absolute atomic E-state index is 0.0158. The van der Waals surface area contributed by atoms with Crippen LogP contribution in [0.3, 0.4) is 0 Å². The van der Waals surface area contributed by atoms with E-state index in [4.69, 9.17) is 10.7 Å². The van der Waals surface area contributed by atoms with Crippen molar-refractivity contribution in [2.24, 2.45) is 11.8 Å². The number of hydrogen-bond donors (Lipinski definition) is 0. The van der Waals surface area contributed by atoms with E-state index >= 15 is 0 Å². The highest BCUT2D eigenvalue weighted by molar-refractivity contribution is 8.13. The van der Waals surface area contributed by atoms with Crippen LogP contribution >= 0.6 is 10.7 Å². The smallest absolute Gasteiger partial charge is 0.261 e. The Morgan fingerprint density at radius 2 is 1.65 bits per heavy atom. The first-order valence-electron chi connectivity index (χ1n) is 6.79. The second-order valence-corrected chi connectivity index (χ2v) is 8.19. The van der Waals surface area contributed by atoms with Crippen molar-refractivity contribution in [1.82, 2.24) is 4.90 Å². The van der Waals surface area contributed by atoms with Gasteiger partial charge >= 0.3 is 0 Å². The van der Waals surface area contributed by atoms with Crippen LogP contribution in [0.25, 0.3) is 0 Å². The maximum Gasteiger partial charge on any atom is 0.261 e. The fraction of sp³-hybridized carbons (Fsp3) is 0.500. The summed E-state index contributed by atoms with van der Waals surface area (Å²) in [6, 6.07) is 5.83. The van der Waals surface area contributed by atoms with E-state index in [0.717, 1.165) is 13.1 Å². The average molecular weight is 314 g/mol. The zero-order valence-electron chi connectivity index (χ0n) is 11.0. The lowest BCUT2D eigenvalue weighted by Gasteiger charge is -2.17. The Balaban J connectivity index is 1.75. The maximum atomic E-state index is 12.4. The van der Waals surface area contributed by atoms with E-state index in [2.05, 4.69) is 0 Å². The highest BCUT2D eigenvalue weighted by Gasteiger charge is 2.38. The summed E-state index contributed by atoms with van der Waals surface area (Å²) in [6.45, 7) is 1.66. The molecule has 1 saturated carbocycles. The van der Waals surface area contributed by atoms with Crippen LogP contribution in [0.5, 0.6) is 0 Å². The third-order valence-electron chi connectivity index (χ3n) is 4.40. The van der Waals surface area contributed by atoms with Crippen molar-refractivity contribution in [2.75, 3.05) is 13.1 Å². The van der Waals surface area contributed by atoms with Crippen molar-refractivity contribution in [3.05, 3.63) is 29.8 Å². The lowest BCUT2D eigenvalue weighted by Crippen LogP contribution is -2.29. The highest BCUT2D eigenvalue weighted by atomic mass is 35.7. The number of amides is 1. The van der Waals surface area contributed by atoms with Crippen LogP contribution in [0.1, 0.15) is 29.6 Å². The first-order chi connectivity index (χ1) is 9.45. The van der Waals surface area contributed by atoms with Gasteiger partial charge in [0, 0.05) is 29.3 Å². The summed E-state index contributed by atoms with van der Waals surface area (Å²) in [5.74, 6) is 1.29. The number of carbonyl (C=O) groups excluding carboxylic acids is 1. The summed E-state index contributed by atoms with van der Waals surface area (Å²) >= 11 is 0. The fourth-order valence-corrected chi connectivity index (χ4v) is 4.11. The highest BCUT2D eigenvalue weighted by Crippen LogP contribution is 2.38. The molecule has 108 valence electrons. The Morgan fingerprint density at radius 1 is 1.10 bits per heavy atom. The number of halogens is 1. The molecule has 2 aliphatic rings. The van der Waals surface area contributed by atoms with Crippen molar-refractivity contribution in [1.29, 1.82) is 0 Å². The molecule has 0 bridgehead atoms. The number of benzene rings is 1. The number of hydrogen-bond acceptors (Lipinski definition) is 3. The standard InChI is InChI=1S/C14H16ClNO3S/c15-20(18,19)13-6-4-10(5-7-13)14(17)16-8-11-2-1-3-12(11)9-16/h4-7,11-12H,1-3,8-9H2. The van der Waals surface area contributed by atoms with Gasteiger partial charge in [-0.25, -0.2) is 8.42 Å². The zero-order valence-corrected chi connectivity index (χ0v) is 12.5. The minimum Gasteiger partial charge on any atom is -0.338 e. The van der Waals surface area contributed by atoms with Gasteiger partial charge in [-0.05, 0) is 48.9 Å². The molecule has 1 saturated heterocycles. The maximum absolute atomic E-state index is 12.4. The quantitative estimate of drug-likeness (QED) is 0.788. The Kier molecular flexibility index (Phi) is 3.50. The monoisotopic (exact) mass is 313 g/mol. The Labute approximate surface area is 123 Å². The largest absolute Gasteiger partial charge is 0.338 e. The molecule has 1 aromatic carbocycles. The molecule has 2 atom stereocenters. The summed E-state index contributed by atoms with van der Waals surface area (Å²) in [4.78, 5) is 14.3. The van der Waals surface area contributed by atoms with Crippen LogP contribution in [0.15, 0.2) is 29.2 Å². The molecule has 4 nitrogen and oxygen atoms in total. The first-order valence-corrected chi connectivity index (χ1v) is 9.10. The number of likely N-dealkylation sites (tertiary alicyclic amines) is 1. The van der Waals surface area contributed by atoms with E-state index in [1.807, 2.05) is 4.90 Å². The summed E-state index contributed by atoms with van der Waals surface area (Å²) < 4.78 is 22.3. The van der Waals surface area contributed by atoms with Gasteiger partial charge in [0.1, 0.15) is 0 Å². The van der Waals surface area contributed by atoms with Crippen LogP contribution in [0, 0.1) is 11.8 Å². The van der Waals surface area contributed by atoms with Crippen molar-refractivity contribution in [3.8, 4) is 0 Å². The van der Waals surface area contributed by atoms with Gasteiger partial charge in [0.05, 0.1) is 4.90 Å². The second-order valence-electron chi connectivity index (χ2n) is 5.62. The van der Waals surface area contributed by atoms with Crippen molar-refractivity contribution in [3.63, 3.8) is 0 Å². The van der Waals surface area contributed by atoms with Crippen molar-refractivity contribution < 1.29 is 13.2 Å². The van der Waals surface area contributed by atoms with Crippen LogP contribution in [0.4, 0.5) is 0 Å². The molecule has 1 aromatic rings. The van der Waals surface area contributed by atoms with Crippen LogP contribution in [-0.2, 0) is 9.05 Å². The second kappa shape index (κ2) is 5.04. The predicted octanol–water partition coefficient (Wildman–Crippen LogP) is 2.49. The number of fused-ring (bicyclic) bond motifs is 1. The van der Waals surface area contributed by atoms with E-state index in [1.165, 1.54) is 43.5 Å². The van der Waals surface area contributed by atoms with E-state index in [0.29, 0.717) is 17.4 Å². The van der Waals surface area contributed by atoms with E-state index in [9.17, 15) is 13.2 Å². The van der Waals surface area contributed by atoms with Gasteiger partial charge in [0.2, 0.25) is 0 Å². The molecule has 3 rings (SSSR count). The van der Waals surface area contributed by atoms with E-state index in [-0.39, 0.29) is 10.8 Å². The van der Waals surface area contributed by atoms with Crippen LogP contribution < -0.4 is 0 Å². The molecular weight excluding hydrogens is 298 g/mol. The Hall–Kier alpha value is -1.07. The summed E-state index contributed by atoms with van der Waals surface area (Å²) in [7, 11) is 1.53. The lowest BCUT2D eigenvalue weighted by atomic mass is 10.0. The summed E-state index contributed by atoms with van der Waals surface area (Å²) in [5.41, 5.74) is 0.522. The topological polar surface area (TPSA) is 54.5 Å². The van der Waals surface area contributed by atoms with Gasteiger partial charge < -0.3 is 4.90 Å². The minimum atomic E-state index is -3.73. The molecule has 1 amide bonds. The normalized spacial score (nSPS) is 25.8. The first kappa shape index (κ1) is 13.9. The molecule has 2 fully saturated rings. The van der Waals surface area contributed by atoms with Gasteiger partial charge in [-0.15, -0.1) is 0 Å². The Morgan fingerprint density at radius 3 is 2.15 bits per heavy atom. The predicted molar refractivity (Wildman–Crippen MR) is 76.2 cm³/mol. The molecule has 1 heterocycles. The molecule has 0 aromatic heterocycles. The molecule has 1 aliphatic heterocycles. The van der Waals surface area contributed by atoms with Crippen LogP contribution in [0.2, 0.25) is 0 Å². The molecule has 0 radical (unpaired) electrons. The fourth-order valence-electron chi connectivity index (χ4n) is 3.34. The molecule has 0 N–H and O–H groups in total. The Bertz CT molecular complexity index is 614. The van der Waals surface area contributed by atoms with Gasteiger partial charge in [-0.3, -0.25) is 4.79 Å². The lowest BCUT2D eigenvalue weighted by molar-refractivity contribution is 0.0780. The molecule has 20 heavy (non-hydrogen) atoms. The van der Waals surface area contributed by atoms with Gasteiger partial charge in [0.15, 0.2) is 0 Å². The number of carbonyl (C=O) groups is 1. The molecule has 2 unspecified atom stereocenters.